The van der Waals surface area contributed by atoms with Crippen LogP contribution in [0.1, 0.15) is 36.0 Å². The van der Waals surface area contributed by atoms with Gasteiger partial charge >= 0.3 is 0 Å². The van der Waals surface area contributed by atoms with Crippen molar-refractivity contribution in [3.63, 3.8) is 0 Å². The lowest BCUT2D eigenvalue weighted by Crippen LogP contribution is -2.30. The number of nitrogens with two attached hydrogens (primary N) is 1. The molecule has 4 nitrogen and oxygen atoms in total. The molecule has 3 N–H and O–H groups in total. The molecule has 1 aromatic rings. The number of thioether (sulfide) groups is 1. The van der Waals surface area contributed by atoms with Crippen molar-refractivity contribution in [2.24, 2.45) is 11.8 Å². The van der Waals surface area contributed by atoms with Crippen LogP contribution in [0.4, 0.5) is 0 Å². The molecule has 0 unspecified atom stereocenters. The van der Waals surface area contributed by atoms with Gasteiger partial charge < -0.3 is 4.74 Å². The molecule has 0 aromatic heterocycles. The van der Waals surface area contributed by atoms with Crippen molar-refractivity contribution in [1.82, 2.24) is 5.43 Å². The highest BCUT2D eigenvalue weighted by atomic mass is 32.2. The number of nitrogen functional groups attached to an aromatic ring is 1. The van der Waals surface area contributed by atoms with Crippen LogP contribution in [-0.2, 0) is 0 Å². The van der Waals surface area contributed by atoms with Crippen LogP contribution in [0.15, 0.2) is 24.3 Å². The molecular weight excluding hydrogens is 272 g/mol. The van der Waals surface area contributed by atoms with E-state index in [4.69, 9.17) is 10.6 Å². The maximum atomic E-state index is 11.6. The van der Waals surface area contributed by atoms with Gasteiger partial charge in [-0.05, 0) is 36.6 Å². The lowest BCUT2D eigenvalue weighted by Gasteiger charge is -2.11. The minimum atomic E-state index is -0.320. The molecule has 20 heavy (non-hydrogen) atoms. The molecule has 0 spiro atoms. The summed E-state index contributed by atoms with van der Waals surface area (Å²) >= 11 is 1.94. The molecule has 1 aliphatic carbocycles. The standard InChI is InChI=1S/C15H22N2O2S/c16-17-15(18)13-7-3-4-8-14(13)19-9-10-20-11-12-5-1-2-6-12/h3-4,7-8,12H,1-2,5-6,9-11,16H2,(H,17,18). The van der Waals surface area contributed by atoms with E-state index in [9.17, 15) is 4.79 Å². The summed E-state index contributed by atoms with van der Waals surface area (Å²) in [6.07, 6.45) is 5.55. The first kappa shape index (κ1) is 15.2. The number of hydrogen-bond acceptors (Lipinski definition) is 4. The summed E-state index contributed by atoms with van der Waals surface area (Å²) in [6, 6.07) is 7.16. The predicted molar refractivity (Wildman–Crippen MR) is 82.9 cm³/mol. The van der Waals surface area contributed by atoms with Crippen molar-refractivity contribution < 1.29 is 9.53 Å². The van der Waals surface area contributed by atoms with Crippen molar-refractivity contribution >= 4 is 17.7 Å². The Kier molecular flexibility index (Phi) is 6.21. The number of para-hydroxylation sites is 1. The molecule has 1 aliphatic rings. The molecule has 110 valence electrons. The largest absolute Gasteiger partial charge is 0.492 e. The fourth-order valence-corrected chi connectivity index (χ4v) is 3.53. The summed E-state index contributed by atoms with van der Waals surface area (Å²) in [7, 11) is 0. The number of hydrazine groups is 1. The smallest absolute Gasteiger partial charge is 0.268 e. The van der Waals surface area contributed by atoms with Gasteiger partial charge in [-0.25, -0.2) is 5.84 Å². The van der Waals surface area contributed by atoms with Gasteiger partial charge in [0.05, 0.1) is 12.2 Å². The van der Waals surface area contributed by atoms with Gasteiger partial charge in [0, 0.05) is 5.75 Å². The Labute approximate surface area is 124 Å². The monoisotopic (exact) mass is 294 g/mol. The van der Waals surface area contributed by atoms with Gasteiger partial charge in [0.2, 0.25) is 0 Å². The van der Waals surface area contributed by atoms with E-state index in [0.29, 0.717) is 17.9 Å². The molecule has 1 saturated carbocycles. The molecule has 0 bridgehead atoms. The quantitative estimate of drug-likeness (QED) is 0.351. The molecule has 5 heteroatoms. The van der Waals surface area contributed by atoms with Gasteiger partial charge in [-0.1, -0.05) is 25.0 Å². The van der Waals surface area contributed by atoms with Gasteiger partial charge in [-0.2, -0.15) is 11.8 Å². The fourth-order valence-electron chi connectivity index (χ4n) is 2.50. The second-order valence-corrected chi connectivity index (χ2v) is 6.19. The maximum absolute atomic E-state index is 11.6. The zero-order valence-corrected chi connectivity index (χ0v) is 12.5. The Bertz CT molecular complexity index is 434. The second kappa shape index (κ2) is 8.17. The van der Waals surface area contributed by atoms with E-state index in [2.05, 4.69) is 5.43 Å². The summed E-state index contributed by atoms with van der Waals surface area (Å²) < 4.78 is 5.69. The number of carbonyl (C=O) groups is 1. The first-order valence-corrected chi connectivity index (χ1v) is 8.27. The SMILES string of the molecule is NNC(=O)c1ccccc1OCCSCC1CCCC1. The van der Waals surface area contributed by atoms with Crippen LogP contribution in [0.3, 0.4) is 0 Å². The Morgan fingerprint density at radius 2 is 2.10 bits per heavy atom. The van der Waals surface area contributed by atoms with Crippen LogP contribution in [0.25, 0.3) is 0 Å². The molecule has 0 heterocycles. The third kappa shape index (κ3) is 4.42. The normalized spacial score (nSPS) is 15.2. The van der Waals surface area contributed by atoms with E-state index in [-0.39, 0.29) is 5.91 Å². The maximum Gasteiger partial charge on any atom is 0.268 e. The number of amides is 1. The minimum Gasteiger partial charge on any atom is -0.492 e. The number of nitrogens with one attached hydrogen (secondary N) is 1. The minimum absolute atomic E-state index is 0.320. The van der Waals surface area contributed by atoms with Gasteiger partial charge in [-0.3, -0.25) is 10.2 Å². The second-order valence-electron chi connectivity index (χ2n) is 5.04. The van der Waals surface area contributed by atoms with Crippen LogP contribution in [0, 0.1) is 5.92 Å². The van der Waals surface area contributed by atoms with Crippen LogP contribution in [0.5, 0.6) is 5.75 Å². The fraction of sp³-hybridized carbons (Fsp3) is 0.533. The van der Waals surface area contributed by atoms with E-state index in [1.165, 1.54) is 31.4 Å². The molecule has 0 atom stereocenters. The molecule has 1 amide bonds. The molecule has 0 saturated heterocycles. The van der Waals surface area contributed by atoms with Gasteiger partial charge in [0.25, 0.3) is 5.91 Å². The molecule has 0 radical (unpaired) electrons. The van der Waals surface area contributed by atoms with Crippen LogP contribution >= 0.6 is 11.8 Å². The topological polar surface area (TPSA) is 64.3 Å². The highest BCUT2D eigenvalue weighted by Gasteiger charge is 2.14. The zero-order valence-electron chi connectivity index (χ0n) is 11.6. The predicted octanol–water partition coefficient (Wildman–Crippen LogP) is 2.59. The van der Waals surface area contributed by atoms with Crippen LogP contribution < -0.4 is 16.0 Å². The molecule has 1 aromatic carbocycles. The summed E-state index contributed by atoms with van der Waals surface area (Å²) in [5.41, 5.74) is 2.62. The average Bonchev–Trinajstić information content (AvgIpc) is 3.00. The molecule has 1 fully saturated rings. The number of ether oxygens (including phenoxy) is 1. The third-order valence-electron chi connectivity index (χ3n) is 3.58. The van der Waals surface area contributed by atoms with Crippen molar-refractivity contribution in [3.8, 4) is 5.75 Å². The molecule has 0 aliphatic heterocycles. The molecular formula is C15H22N2O2S. The highest BCUT2D eigenvalue weighted by Crippen LogP contribution is 2.27. The number of benzene rings is 1. The average molecular weight is 294 g/mol. The van der Waals surface area contributed by atoms with E-state index in [0.717, 1.165) is 11.7 Å². The number of carbonyl (C=O) groups excluding carboxylic acids is 1. The first-order chi connectivity index (χ1) is 9.81. The van der Waals surface area contributed by atoms with E-state index < -0.39 is 0 Å². The lowest BCUT2D eigenvalue weighted by molar-refractivity contribution is 0.0950. The third-order valence-corrected chi connectivity index (χ3v) is 4.74. The Morgan fingerprint density at radius 1 is 1.35 bits per heavy atom. The van der Waals surface area contributed by atoms with Gasteiger partial charge in [0.15, 0.2) is 0 Å². The zero-order chi connectivity index (χ0) is 14.2. The lowest BCUT2D eigenvalue weighted by atomic mass is 10.1. The summed E-state index contributed by atoms with van der Waals surface area (Å²) in [4.78, 5) is 11.6. The van der Waals surface area contributed by atoms with Crippen LogP contribution in [-0.4, -0.2) is 24.0 Å². The van der Waals surface area contributed by atoms with Crippen molar-refractivity contribution in [2.45, 2.75) is 25.7 Å². The summed E-state index contributed by atoms with van der Waals surface area (Å²) in [6.45, 7) is 0.617. The van der Waals surface area contributed by atoms with E-state index in [1.54, 1.807) is 18.2 Å². The van der Waals surface area contributed by atoms with Gasteiger partial charge in [0.1, 0.15) is 5.75 Å². The van der Waals surface area contributed by atoms with Gasteiger partial charge in [-0.15, -0.1) is 0 Å². The Balaban J connectivity index is 1.72. The number of rotatable bonds is 7. The van der Waals surface area contributed by atoms with Crippen molar-refractivity contribution in [3.05, 3.63) is 29.8 Å². The van der Waals surface area contributed by atoms with Crippen molar-refractivity contribution in [1.29, 1.82) is 0 Å². The highest BCUT2D eigenvalue weighted by molar-refractivity contribution is 7.99. The Hall–Kier alpha value is -1.20. The summed E-state index contributed by atoms with van der Waals surface area (Å²) in [5, 5.41) is 0. The summed E-state index contributed by atoms with van der Waals surface area (Å²) in [5.74, 6) is 8.52. The van der Waals surface area contributed by atoms with E-state index in [1.807, 2.05) is 17.8 Å². The first-order valence-electron chi connectivity index (χ1n) is 7.12. The van der Waals surface area contributed by atoms with E-state index >= 15 is 0 Å². The Morgan fingerprint density at radius 3 is 2.85 bits per heavy atom. The number of hydrogen-bond donors (Lipinski definition) is 2. The van der Waals surface area contributed by atoms with Crippen LogP contribution in [0.2, 0.25) is 0 Å². The van der Waals surface area contributed by atoms with Crippen molar-refractivity contribution in [2.75, 3.05) is 18.1 Å². The molecule has 2 rings (SSSR count).